The molecule has 0 aliphatic carbocycles. The Morgan fingerprint density at radius 2 is 1.00 bits per heavy atom. The number of esters is 3. The quantitative estimate of drug-likeness (QED) is 0.177. The van der Waals surface area contributed by atoms with Crippen LogP contribution in [0.3, 0.4) is 0 Å². The lowest BCUT2D eigenvalue weighted by Crippen LogP contribution is -2.58. The first-order valence-electron chi connectivity index (χ1n) is 11.0. The van der Waals surface area contributed by atoms with Crippen LogP contribution in [0.4, 0.5) is 0 Å². The molecule has 1 heterocycles. The molecule has 35 heavy (non-hydrogen) atoms. The van der Waals surface area contributed by atoms with Gasteiger partial charge in [-0.2, -0.15) is 0 Å². The zero-order valence-corrected chi connectivity index (χ0v) is 20.9. The van der Waals surface area contributed by atoms with E-state index in [-0.39, 0.29) is 3.92 Å². The number of carbonyl (C=O) groups is 3. The van der Waals surface area contributed by atoms with Crippen molar-refractivity contribution in [2.45, 2.75) is 35.5 Å². The molecule has 1 saturated heterocycles. The van der Waals surface area contributed by atoms with Crippen LogP contribution in [0.5, 0.6) is 0 Å². The summed E-state index contributed by atoms with van der Waals surface area (Å²) in [6.07, 6.45) is -3.89. The van der Waals surface area contributed by atoms with Crippen LogP contribution in [0.1, 0.15) is 38.0 Å². The third-order valence-corrected chi connectivity index (χ3v) is 7.16. The SMILES string of the molecule is CC1OC(OC(=O)c2ccccc2)C(OC(=O)c2ccccc2)C(OC(=O)c2ccccc2)C1I. The van der Waals surface area contributed by atoms with E-state index in [4.69, 9.17) is 18.9 Å². The minimum Gasteiger partial charge on any atom is -0.453 e. The number of halogens is 1. The van der Waals surface area contributed by atoms with Crippen molar-refractivity contribution >= 4 is 40.5 Å². The van der Waals surface area contributed by atoms with E-state index in [1.165, 1.54) is 0 Å². The predicted molar refractivity (Wildman–Crippen MR) is 135 cm³/mol. The van der Waals surface area contributed by atoms with Gasteiger partial charge < -0.3 is 18.9 Å². The number of hydrogen-bond acceptors (Lipinski definition) is 7. The molecule has 0 N–H and O–H groups in total. The highest BCUT2D eigenvalue weighted by Gasteiger charge is 2.50. The van der Waals surface area contributed by atoms with E-state index in [9.17, 15) is 14.4 Å². The van der Waals surface area contributed by atoms with Crippen molar-refractivity contribution in [2.24, 2.45) is 0 Å². The summed E-state index contributed by atoms with van der Waals surface area (Å²) in [7, 11) is 0. The van der Waals surface area contributed by atoms with Crippen molar-refractivity contribution < 1.29 is 33.3 Å². The Morgan fingerprint density at radius 1 is 0.629 bits per heavy atom. The van der Waals surface area contributed by atoms with Gasteiger partial charge in [0.1, 0.15) is 0 Å². The van der Waals surface area contributed by atoms with Gasteiger partial charge in [0, 0.05) is 0 Å². The third kappa shape index (κ3) is 6.07. The van der Waals surface area contributed by atoms with E-state index in [1.54, 1.807) is 97.9 Å². The Hall–Kier alpha value is -3.24. The number of benzene rings is 3. The summed E-state index contributed by atoms with van der Waals surface area (Å²) < 4.78 is 22.8. The van der Waals surface area contributed by atoms with E-state index in [2.05, 4.69) is 22.6 Å². The average Bonchev–Trinajstić information content (AvgIpc) is 2.90. The standard InChI is InChI=1S/C27H23IO7/c1-17-21(28)22(33-24(29)18-11-5-2-6-12-18)23(34-25(30)19-13-7-3-8-14-19)27(32-17)35-26(31)20-15-9-4-10-16-20/h2-17,21-23,27H,1H3. The normalized spacial score (nSPS) is 23.7. The van der Waals surface area contributed by atoms with Gasteiger partial charge in [-0.1, -0.05) is 77.2 Å². The average molecular weight is 586 g/mol. The first-order chi connectivity index (χ1) is 16.9. The number of rotatable bonds is 6. The second-order valence-corrected chi connectivity index (χ2v) is 9.34. The first kappa shape index (κ1) is 24.9. The molecule has 180 valence electrons. The van der Waals surface area contributed by atoms with E-state index in [0.29, 0.717) is 16.7 Å². The molecule has 0 amide bonds. The maximum Gasteiger partial charge on any atom is 0.340 e. The van der Waals surface area contributed by atoms with Crippen LogP contribution in [0, 0.1) is 0 Å². The van der Waals surface area contributed by atoms with Gasteiger partial charge >= 0.3 is 17.9 Å². The van der Waals surface area contributed by atoms with Crippen LogP contribution in [0.2, 0.25) is 0 Å². The van der Waals surface area contributed by atoms with E-state index in [0.717, 1.165) is 0 Å². The van der Waals surface area contributed by atoms with Crippen LogP contribution >= 0.6 is 22.6 Å². The zero-order valence-electron chi connectivity index (χ0n) is 18.8. The second kappa shape index (κ2) is 11.5. The largest absolute Gasteiger partial charge is 0.453 e. The number of carbonyl (C=O) groups excluding carboxylic acids is 3. The van der Waals surface area contributed by atoms with Crippen LogP contribution in [0.15, 0.2) is 91.0 Å². The highest BCUT2D eigenvalue weighted by molar-refractivity contribution is 14.1. The monoisotopic (exact) mass is 586 g/mol. The summed E-state index contributed by atoms with van der Waals surface area (Å²) in [6.45, 7) is 1.78. The predicted octanol–water partition coefficient (Wildman–Crippen LogP) is 4.84. The molecule has 0 spiro atoms. The van der Waals surface area contributed by atoms with Gasteiger partial charge in [0.2, 0.25) is 12.4 Å². The third-order valence-electron chi connectivity index (χ3n) is 5.44. The molecule has 0 aromatic heterocycles. The van der Waals surface area contributed by atoms with Crippen LogP contribution in [-0.2, 0) is 18.9 Å². The number of hydrogen-bond donors (Lipinski definition) is 0. The van der Waals surface area contributed by atoms with E-state index in [1.807, 2.05) is 0 Å². The van der Waals surface area contributed by atoms with Gasteiger partial charge in [0.15, 0.2) is 6.10 Å². The smallest absolute Gasteiger partial charge is 0.340 e. The van der Waals surface area contributed by atoms with Crippen LogP contribution in [-0.4, -0.2) is 46.4 Å². The minimum absolute atomic E-state index is 0.303. The Bertz CT molecular complexity index is 1150. The summed E-state index contributed by atoms with van der Waals surface area (Å²) in [5.41, 5.74) is 0.963. The topological polar surface area (TPSA) is 88.1 Å². The summed E-state index contributed by atoms with van der Waals surface area (Å²) in [5.74, 6) is -1.89. The number of alkyl halides is 1. The Labute approximate surface area is 216 Å². The highest BCUT2D eigenvalue weighted by Crippen LogP contribution is 2.33. The summed E-state index contributed by atoms with van der Waals surface area (Å²) in [5, 5.41) is 0. The molecule has 0 radical (unpaired) electrons. The summed E-state index contributed by atoms with van der Waals surface area (Å²) in [6, 6.07) is 25.3. The van der Waals surface area contributed by atoms with Crippen LogP contribution in [0.25, 0.3) is 0 Å². The van der Waals surface area contributed by atoms with Crippen molar-refractivity contribution in [3.63, 3.8) is 0 Å². The maximum atomic E-state index is 12.9. The van der Waals surface area contributed by atoms with Gasteiger partial charge in [-0.3, -0.25) is 0 Å². The molecule has 5 unspecified atom stereocenters. The fraction of sp³-hybridized carbons (Fsp3) is 0.222. The zero-order chi connectivity index (χ0) is 24.8. The van der Waals surface area contributed by atoms with Gasteiger partial charge in [-0.25, -0.2) is 14.4 Å². The van der Waals surface area contributed by atoms with E-state index < -0.39 is 42.5 Å². The fourth-order valence-electron chi connectivity index (χ4n) is 3.60. The Morgan fingerprint density at radius 3 is 1.43 bits per heavy atom. The van der Waals surface area contributed by atoms with Crippen molar-refractivity contribution in [3.8, 4) is 0 Å². The molecule has 3 aromatic rings. The molecule has 8 heteroatoms. The lowest BCUT2D eigenvalue weighted by Gasteiger charge is -2.42. The Balaban J connectivity index is 1.63. The molecule has 7 nitrogen and oxygen atoms in total. The fourth-order valence-corrected chi connectivity index (χ4v) is 4.32. The summed E-state index contributed by atoms with van der Waals surface area (Å²) >= 11 is 2.10. The van der Waals surface area contributed by atoms with Crippen molar-refractivity contribution in [1.29, 1.82) is 0 Å². The van der Waals surface area contributed by atoms with Gasteiger partial charge in [-0.05, 0) is 43.3 Å². The van der Waals surface area contributed by atoms with Gasteiger partial charge in [0.25, 0.3) is 0 Å². The second-order valence-electron chi connectivity index (χ2n) is 7.90. The van der Waals surface area contributed by atoms with Crippen LogP contribution < -0.4 is 0 Å². The molecule has 1 aliphatic heterocycles. The minimum atomic E-state index is -1.29. The lowest BCUT2D eigenvalue weighted by atomic mass is 10.0. The molecule has 0 saturated carbocycles. The molecular weight excluding hydrogens is 563 g/mol. The molecule has 0 bridgehead atoms. The number of ether oxygens (including phenoxy) is 4. The van der Waals surface area contributed by atoms with Crippen molar-refractivity contribution in [3.05, 3.63) is 108 Å². The Kier molecular flexibility index (Phi) is 8.14. The molecule has 5 atom stereocenters. The highest BCUT2D eigenvalue weighted by atomic mass is 127. The lowest BCUT2D eigenvalue weighted by molar-refractivity contribution is -0.236. The van der Waals surface area contributed by atoms with Gasteiger partial charge in [-0.15, -0.1) is 0 Å². The first-order valence-corrected chi connectivity index (χ1v) is 12.3. The molecule has 1 fully saturated rings. The summed E-state index contributed by atoms with van der Waals surface area (Å²) in [4.78, 5) is 38.6. The van der Waals surface area contributed by atoms with Crippen molar-refractivity contribution in [2.75, 3.05) is 0 Å². The van der Waals surface area contributed by atoms with Gasteiger partial charge in [0.05, 0.1) is 26.7 Å². The molecule has 1 aliphatic rings. The maximum absolute atomic E-state index is 12.9. The molecule has 3 aromatic carbocycles. The van der Waals surface area contributed by atoms with E-state index >= 15 is 0 Å². The molecular formula is C27H23IO7. The van der Waals surface area contributed by atoms with Crippen molar-refractivity contribution in [1.82, 2.24) is 0 Å². The molecule has 4 rings (SSSR count).